The Morgan fingerprint density at radius 2 is 2.15 bits per heavy atom. The summed E-state index contributed by atoms with van der Waals surface area (Å²) in [5.41, 5.74) is 6.70. The molecule has 0 amide bonds. The number of carboxylic acid groups (broad SMARTS) is 1. The zero-order valence-corrected chi connectivity index (χ0v) is 12.3. The van der Waals surface area contributed by atoms with E-state index >= 15 is 0 Å². The summed E-state index contributed by atoms with van der Waals surface area (Å²) in [5, 5.41) is 9.18. The highest BCUT2D eigenvalue weighted by molar-refractivity contribution is 5.72. The van der Waals surface area contributed by atoms with Gasteiger partial charge in [-0.3, -0.25) is 0 Å². The maximum absolute atomic E-state index is 11.2. The van der Waals surface area contributed by atoms with Crippen molar-refractivity contribution >= 4 is 5.97 Å². The lowest BCUT2D eigenvalue weighted by atomic mass is 10.1. The molecule has 0 bridgehead atoms. The quantitative estimate of drug-likeness (QED) is 0.763. The molecule has 1 aromatic rings. The van der Waals surface area contributed by atoms with Crippen molar-refractivity contribution in [3.8, 4) is 11.5 Å². The Kier molecular flexibility index (Phi) is 6.31. The number of hydrogen-bond donors (Lipinski definition) is 2. The van der Waals surface area contributed by atoms with Gasteiger partial charge in [0.05, 0.1) is 7.11 Å². The van der Waals surface area contributed by atoms with Crippen LogP contribution in [0.5, 0.6) is 11.5 Å². The number of nitrogens with two attached hydrogens (primary N) is 1. The van der Waals surface area contributed by atoms with Crippen LogP contribution < -0.4 is 15.2 Å². The molecule has 0 aliphatic carbocycles. The molecule has 0 aliphatic rings. The van der Waals surface area contributed by atoms with Gasteiger partial charge >= 0.3 is 5.97 Å². The molecular formula is C15H23NO4. The van der Waals surface area contributed by atoms with Crippen LogP contribution in [0.25, 0.3) is 0 Å². The summed E-state index contributed by atoms with van der Waals surface area (Å²) in [7, 11) is 1.56. The van der Waals surface area contributed by atoms with Crippen molar-refractivity contribution in [2.45, 2.75) is 45.3 Å². The number of carboxylic acids is 1. The molecule has 0 radical (unpaired) electrons. The summed E-state index contributed by atoms with van der Waals surface area (Å²) in [4.78, 5) is 11.2. The first-order valence-corrected chi connectivity index (χ1v) is 6.79. The molecule has 0 aromatic heterocycles. The van der Waals surface area contributed by atoms with Crippen molar-refractivity contribution in [2.24, 2.45) is 5.73 Å². The molecule has 20 heavy (non-hydrogen) atoms. The third-order valence-corrected chi connectivity index (χ3v) is 2.91. The third kappa shape index (κ3) is 4.74. The highest BCUT2D eigenvalue weighted by Gasteiger charge is 2.20. The molecule has 2 unspecified atom stereocenters. The maximum atomic E-state index is 11.2. The fourth-order valence-electron chi connectivity index (χ4n) is 1.94. The SMILES string of the molecule is CCCC(Oc1cc(OC)ccc1CC(C)N)C(=O)O. The predicted octanol–water partition coefficient (Wildman–Crippen LogP) is 2.22. The van der Waals surface area contributed by atoms with Gasteiger partial charge in [-0.25, -0.2) is 4.79 Å². The van der Waals surface area contributed by atoms with Crippen LogP contribution in [0.4, 0.5) is 0 Å². The highest BCUT2D eigenvalue weighted by atomic mass is 16.5. The van der Waals surface area contributed by atoms with Gasteiger partial charge in [0.1, 0.15) is 11.5 Å². The minimum atomic E-state index is -0.957. The summed E-state index contributed by atoms with van der Waals surface area (Å²) in [6.07, 6.45) is 0.977. The van der Waals surface area contributed by atoms with Gasteiger partial charge in [0, 0.05) is 12.1 Å². The lowest BCUT2D eigenvalue weighted by Crippen LogP contribution is -2.27. The third-order valence-electron chi connectivity index (χ3n) is 2.91. The average molecular weight is 281 g/mol. The van der Waals surface area contributed by atoms with Gasteiger partial charge in [0.2, 0.25) is 0 Å². The number of ether oxygens (including phenoxy) is 2. The number of aliphatic carboxylic acids is 1. The number of carbonyl (C=O) groups is 1. The van der Waals surface area contributed by atoms with E-state index in [1.807, 2.05) is 26.0 Å². The first-order chi connectivity index (χ1) is 9.47. The van der Waals surface area contributed by atoms with Gasteiger partial charge in [-0.1, -0.05) is 19.4 Å². The van der Waals surface area contributed by atoms with E-state index in [9.17, 15) is 9.90 Å². The highest BCUT2D eigenvalue weighted by Crippen LogP contribution is 2.27. The minimum Gasteiger partial charge on any atom is -0.497 e. The Bertz CT molecular complexity index is 445. The monoisotopic (exact) mass is 281 g/mol. The second-order valence-corrected chi connectivity index (χ2v) is 4.89. The van der Waals surface area contributed by atoms with Gasteiger partial charge < -0.3 is 20.3 Å². The Morgan fingerprint density at radius 1 is 1.45 bits per heavy atom. The molecule has 1 rings (SSSR count). The summed E-state index contributed by atoms with van der Waals surface area (Å²) in [6, 6.07) is 5.37. The van der Waals surface area contributed by atoms with Crippen molar-refractivity contribution in [3.05, 3.63) is 23.8 Å². The van der Waals surface area contributed by atoms with Gasteiger partial charge in [-0.05, 0) is 31.4 Å². The number of hydrogen-bond acceptors (Lipinski definition) is 4. The van der Waals surface area contributed by atoms with E-state index < -0.39 is 12.1 Å². The molecule has 2 atom stereocenters. The molecule has 1 aromatic carbocycles. The molecule has 0 saturated carbocycles. The van der Waals surface area contributed by atoms with Crippen LogP contribution in [0.1, 0.15) is 32.3 Å². The first kappa shape index (κ1) is 16.3. The standard InChI is InChI=1S/C15H23NO4/c1-4-5-13(15(17)18)20-14-9-12(19-3)7-6-11(14)8-10(2)16/h6-7,9-10,13H,4-5,8,16H2,1-3H3,(H,17,18). The Labute approximate surface area is 119 Å². The van der Waals surface area contributed by atoms with E-state index in [4.69, 9.17) is 15.2 Å². The summed E-state index contributed by atoms with van der Waals surface area (Å²) in [5.74, 6) is 0.206. The molecule has 0 spiro atoms. The lowest BCUT2D eigenvalue weighted by Gasteiger charge is -2.18. The molecule has 0 heterocycles. The molecule has 112 valence electrons. The molecule has 0 aliphatic heterocycles. The number of rotatable bonds is 8. The smallest absolute Gasteiger partial charge is 0.344 e. The second kappa shape index (κ2) is 7.75. The van der Waals surface area contributed by atoms with E-state index in [0.29, 0.717) is 24.3 Å². The number of methoxy groups -OCH3 is 1. The van der Waals surface area contributed by atoms with E-state index in [0.717, 1.165) is 12.0 Å². The van der Waals surface area contributed by atoms with Crippen LogP contribution in [-0.2, 0) is 11.2 Å². The molecule has 3 N–H and O–H groups in total. The molecule has 0 fully saturated rings. The van der Waals surface area contributed by atoms with Crippen LogP contribution in [0.3, 0.4) is 0 Å². The van der Waals surface area contributed by atoms with Gasteiger partial charge in [-0.2, -0.15) is 0 Å². The molecule has 5 nitrogen and oxygen atoms in total. The normalized spacial score (nSPS) is 13.6. The lowest BCUT2D eigenvalue weighted by molar-refractivity contribution is -0.145. The molecule has 5 heteroatoms. The van der Waals surface area contributed by atoms with Crippen molar-refractivity contribution in [3.63, 3.8) is 0 Å². The fraction of sp³-hybridized carbons (Fsp3) is 0.533. The van der Waals surface area contributed by atoms with Gasteiger partial charge in [0.25, 0.3) is 0 Å². The largest absolute Gasteiger partial charge is 0.497 e. The summed E-state index contributed by atoms with van der Waals surface area (Å²) >= 11 is 0. The van der Waals surface area contributed by atoms with Crippen LogP contribution in [0, 0.1) is 0 Å². The second-order valence-electron chi connectivity index (χ2n) is 4.89. The zero-order valence-electron chi connectivity index (χ0n) is 12.3. The van der Waals surface area contributed by atoms with Crippen LogP contribution in [0.2, 0.25) is 0 Å². The van der Waals surface area contributed by atoms with Crippen molar-refractivity contribution in [1.82, 2.24) is 0 Å². The summed E-state index contributed by atoms with van der Waals surface area (Å²) < 4.78 is 10.8. The Balaban J connectivity index is 3.01. The van der Waals surface area contributed by atoms with E-state index in [1.54, 1.807) is 13.2 Å². The minimum absolute atomic E-state index is 0.0276. The van der Waals surface area contributed by atoms with E-state index in [1.165, 1.54) is 0 Å². The van der Waals surface area contributed by atoms with Crippen LogP contribution >= 0.6 is 0 Å². The van der Waals surface area contributed by atoms with Crippen molar-refractivity contribution < 1.29 is 19.4 Å². The van der Waals surface area contributed by atoms with Gasteiger partial charge in [0.15, 0.2) is 6.10 Å². The van der Waals surface area contributed by atoms with Crippen molar-refractivity contribution in [2.75, 3.05) is 7.11 Å². The molecular weight excluding hydrogens is 258 g/mol. The predicted molar refractivity (Wildman–Crippen MR) is 77.3 cm³/mol. The number of benzene rings is 1. The molecule has 0 saturated heterocycles. The Morgan fingerprint density at radius 3 is 2.65 bits per heavy atom. The summed E-state index contributed by atoms with van der Waals surface area (Å²) in [6.45, 7) is 3.82. The van der Waals surface area contributed by atoms with Crippen LogP contribution in [-0.4, -0.2) is 30.3 Å². The topological polar surface area (TPSA) is 81.8 Å². The van der Waals surface area contributed by atoms with Gasteiger partial charge in [-0.15, -0.1) is 0 Å². The first-order valence-electron chi connectivity index (χ1n) is 6.79. The Hall–Kier alpha value is -1.75. The fourth-order valence-corrected chi connectivity index (χ4v) is 1.94. The van der Waals surface area contributed by atoms with Crippen LogP contribution in [0.15, 0.2) is 18.2 Å². The van der Waals surface area contributed by atoms with Crippen molar-refractivity contribution in [1.29, 1.82) is 0 Å². The zero-order chi connectivity index (χ0) is 15.1. The van der Waals surface area contributed by atoms with E-state index in [-0.39, 0.29) is 6.04 Å². The maximum Gasteiger partial charge on any atom is 0.344 e. The average Bonchev–Trinajstić information content (AvgIpc) is 2.39. The van der Waals surface area contributed by atoms with E-state index in [2.05, 4.69) is 0 Å².